The molecule has 0 spiro atoms. The smallest absolute Gasteiger partial charge is 0.00347 e. The molecular formula is C18H22. The third-order valence-corrected chi connectivity index (χ3v) is 2.68. The zero-order valence-corrected chi connectivity index (χ0v) is 11.8. The number of benzene rings is 1. The van der Waals surface area contributed by atoms with E-state index in [0.29, 0.717) is 5.92 Å². The average molecular weight is 238 g/mol. The molecule has 0 amide bonds. The highest BCUT2D eigenvalue weighted by molar-refractivity contribution is 5.76. The Kier molecular flexibility index (Phi) is 5.97. The summed E-state index contributed by atoms with van der Waals surface area (Å²) in [6.45, 7) is 8.38. The molecule has 0 unspecified atom stereocenters. The second-order valence-corrected chi connectivity index (χ2v) is 4.24. The van der Waals surface area contributed by atoms with Crippen LogP contribution in [0.5, 0.6) is 0 Å². The molecule has 0 radical (unpaired) electrons. The molecule has 1 aromatic rings. The van der Waals surface area contributed by atoms with Gasteiger partial charge in [0.2, 0.25) is 0 Å². The van der Waals surface area contributed by atoms with Crippen LogP contribution in [0, 0.1) is 5.92 Å². The van der Waals surface area contributed by atoms with E-state index in [1.807, 2.05) is 26.0 Å². The predicted octanol–water partition coefficient (Wildman–Crippen LogP) is 5.40. The van der Waals surface area contributed by atoms with Gasteiger partial charge < -0.3 is 0 Å². The van der Waals surface area contributed by atoms with Crippen LogP contribution >= 0.6 is 0 Å². The van der Waals surface area contributed by atoms with Crippen LogP contribution in [0.1, 0.15) is 33.3 Å². The minimum Gasteiger partial charge on any atom is -0.117 e. The van der Waals surface area contributed by atoms with Crippen molar-refractivity contribution in [2.75, 3.05) is 0 Å². The molecule has 0 aliphatic heterocycles. The van der Waals surface area contributed by atoms with Crippen molar-refractivity contribution in [2.45, 2.75) is 27.7 Å². The van der Waals surface area contributed by atoms with Gasteiger partial charge in [-0.2, -0.15) is 0 Å². The molecule has 0 atom stereocenters. The van der Waals surface area contributed by atoms with Crippen molar-refractivity contribution < 1.29 is 0 Å². The number of hydrogen-bond donors (Lipinski definition) is 0. The maximum atomic E-state index is 3.31. The second kappa shape index (κ2) is 7.53. The monoisotopic (exact) mass is 238 g/mol. The molecule has 1 aliphatic rings. The van der Waals surface area contributed by atoms with E-state index >= 15 is 0 Å². The van der Waals surface area contributed by atoms with E-state index in [1.165, 1.54) is 16.7 Å². The van der Waals surface area contributed by atoms with Crippen molar-refractivity contribution >= 4 is 5.57 Å². The first-order valence-corrected chi connectivity index (χ1v) is 6.68. The summed E-state index contributed by atoms with van der Waals surface area (Å²) in [7, 11) is 0. The van der Waals surface area contributed by atoms with E-state index in [-0.39, 0.29) is 0 Å². The Hall–Kier alpha value is -1.78. The number of hydrogen-bond acceptors (Lipinski definition) is 0. The van der Waals surface area contributed by atoms with Gasteiger partial charge in [-0.1, -0.05) is 70.2 Å². The molecule has 94 valence electrons. The maximum Gasteiger partial charge on any atom is -0.00347 e. The molecule has 1 aromatic carbocycles. The summed E-state index contributed by atoms with van der Waals surface area (Å²) < 4.78 is 0. The first-order valence-electron chi connectivity index (χ1n) is 6.68. The van der Waals surface area contributed by atoms with E-state index in [2.05, 4.69) is 62.1 Å². The molecule has 0 nitrogen and oxygen atoms in total. The zero-order chi connectivity index (χ0) is 13.4. The molecule has 0 bridgehead atoms. The molecule has 0 heteroatoms. The molecule has 0 N–H and O–H groups in total. The molecule has 1 aliphatic carbocycles. The summed E-state index contributed by atoms with van der Waals surface area (Å²) in [5, 5.41) is 0. The average Bonchev–Trinajstić information content (AvgIpc) is 2.68. The van der Waals surface area contributed by atoms with Gasteiger partial charge in [0.15, 0.2) is 0 Å². The highest BCUT2D eigenvalue weighted by Gasteiger charge is 2.01. The van der Waals surface area contributed by atoms with E-state index in [0.717, 1.165) is 0 Å². The van der Waals surface area contributed by atoms with Crippen LogP contribution in [0.2, 0.25) is 0 Å². The number of rotatable bonds is 2. The summed E-state index contributed by atoms with van der Waals surface area (Å²) in [5.74, 6) is 0.524. The van der Waals surface area contributed by atoms with E-state index in [9.17, 15) is 0 Å². The van der Waals surface area contributed by atoms with Gasteiger partial charge in [-0.3, -0.25) is 0 Å². The van der Waals surface area contributed by atoms with E-state index in [1.54, 1.807) is 0 Å². The lowest BCUT2D eigenvalue weighted by Gasteiger charge is -2.02. The first kappa shape index (κ1) is 14.3. The molecule has 0 saturated carbocycles. The summed E-state index contributed by atoms with van der Waals surface area (Å²) in [6.07, 6.45) is 8.45. The van der Waals surface area contributed by atoms with Crippen molar-refractivity contribution in [3.05, 3.63) is 71.5 Å². The van der Waals surface area contributed by atoms with Crippen molar-refractivity contribution in [3.63, 3.8) is 0 Å². The topological polar surface area (TPSA) is 0 Å². The minimum atomic E-state index is 0.524. The lowest BCUT2D eigenvalue weighted by molar-refractivity contribution is 0.794. The SMILES string of the molecule is CC.CC(C)C1=C=CC=C(c2ccccc2)C=C1. The van der Waals surface area contributed by atoms with Gasteiger partial charge in [0.25, 0.3) is 0 Å². The Morgan fingerprint density at radius 2 is 1.61 bits per heavy atom. The van der Waals surface area contributed by atoms with Gasteiger partial charge in [-0.25, -0.2) is 0 Å². The normalized spacial score (nSPS) is 13.4. The molecular weight excluding hydrogens is 216 g/mol. The Balaban J connectivity index is 0.000000771. The molecule has 0 heterocycles. The van der Waals surface area contributed by atoms with Crippen LogP contribution < -0.4 is 0 Å². The molecule has 18 heavy (non-hydrogen) atoms. The molecule has 2 rings (SSSR count). The van der Waals surface area contributed by atoms with Crippen LogP contribution in [-0.2, 0) is 0 Å². The van der Waals surface area contributed by atoms with E-state index < -0.39 is 0 Å². The maximum absolute atomic E-state index is 3.31. The van der Waals surface area contributed by atoms with Gasteiger partial charge in [-0.05, 0) is 34.8 Å². The first-order chi connectivity index (χ1) is 8.77. The van der Waals surface area contributed by atoms with Gasteiger partial charge >= 0.3 is 0 Å². The fraction of sp³-hybridized carbons (Fsp3) is 0.278. The second-order valence-electron chi connectivity index (χ2n) is 4.24. The van der Waals surface area contributed by atoms with Crippen LogP contribution in [0.3, 0.4) is 0 Å². The largest absolute Gasteiger partial charge is 0.117 e. The molecule has 0 aromatic heterocycles. The predicted molar refractivity (Wildman–Crippen MR) is 81.3 cm³/mol. The highest BCUT2D eigenvalue weighted by atomic mass is 14.1. The highest BCUT2D eigenvalue weighted by Crippen LogP contribution is 2.20. The van der Waals surface area contributed by atoms with Crippen LogP contribution in [0.25, 0.3) is 5.57 Å². The Morgan fingerprint density at radius 3 is 2.22 bits per heavy atom. The van der Waals surface area contributed by atoms with Crippen LogP contribution in [0.4, 0.5) is 0 Å². The minimum absolute atomic E-state index is 0.524. The number of allylic oxidation sites excluding steroid dienone is 5. The zero-order valence-electron chi connectivity index (χ0n) is 11.8. The Labute approximate surface area is 111 Å². The van der Waals surface area contributed by atoms with Gasteiger partial charge in [0, 0.05) is 0 Å². The quantitative estimate of drug-likeness (QED) is 0.605. The standard InChI is InChI=1S/C16H16.C2H6/c1-13(2)14-9-6-10-16(12-11-14)15-7-4-3-5-8-15;1-2/h3-8,10-13H,1-2H3;1-2H3. The lowest BCUT2D eigenvalue weighted by Crippen LogP contribution is -1.87. The molecule has 0 fully saturated rings. The van der Waals surface area contributed by atoms with Gasteiger partial charge in [0.1, 0.15) is 0 Å². The van der Waals surface area contributed by atoms with Crippen molar-refractivity contribution in [1.29, 1.82) is 0 Å². The Morgan fingerprint density at radius 1 is 0.944 bits per heavy atom. The van der Waals surface area contributed by atoms with E-state index in [4.69, 9.17) is 0 Å². The summed E-state index contributed by atoms with van der Waals surface area (Å²) in [4.78, 5) is 0. The van der Waals surface area contributed by atoms with Gasteiger partial charge in [0.05, 0.1) is 0 Å². The van der Waals surface area contributed by atoms with Crippen LogP contribution in [-0.4, -0.2) is 0 Å². The van der Waals surface area contributed by atoms with Crippen molar-refractivity contribution in [1.82, 2.24) is 0 Å². The Bertz CT molecular complexity index is 478. The fourth-order valence-corrected chi connectivity index (χ4v) is 1.69. The molecule has 0 saturated heterocycles. The summed E-state index contributed by atoms with van der Waals surface area (Å²) in [5.41, 5.74) is 7.05. The third kappa shape index (κ3) is 3.91. The van der Waals surface area contributed by atoms with Crippen molar-refractivity contribution in [2.24, 2.45) is 5.92 Å². The third-order valence-electron chi connectivity index (χ3n) is 2.68. The fourth-order valence-electron chi connectivity index (χ4n) is 1.69. The van der Waals surface area contributed by atoms with Crippen molar-refractivity contribution in [3.8, 4) is 0 Å². The summed E-state index contributed by atoms with van der Waals surface area (Å²) in [6, 6.07) is 10.4. The van der Waals surface area contributed by atoms with Crippen LogP contribution in [0.15, 0.2) is 65.9 Å². The summed E-state index contributed by atoms with van der Waals surface area (Å²) >= 11 is 0. The van der Waals surface area contributed by atoms with Gasteiger partial charge in [-0.15, -0.1) is 5.73 Å². The lowest BCUT2D eigenvalue weighted by atomic mass is 10.0.